The number of carbonyl (C=O) groups excluding carboxylic acids is 2. The Labute approximate surface area is 189 Å². The largest absolute Gasteiger partial charge is 0.452 e. The van der Waals surface area contributed by atoms with Crippen LogP contribution in [0, 0.1) is 23.5 Å². The van der Waals surface area contributed by atoms with Gasteiger partial charge in [-0.2, -0.15) is 13.2 Å². The Morgan fingerprint density at radius 3 is 2.06 bits per heavy atom. The molecule has 0 aliphatic heterocycles. The fraction of sp³-hybridized carbons (Fsp3) is 0.417. The second kappa shape index (κ2) is 11.4. The summed E-state index contributed by atoms with van der Waals surface area (Å²) >= 11 is 0. The first-order valence-corrected chi connectivity index (χ1v) is 10.5. The third-order valence-corrected chi connectivity index (χ3v) is 5.37. The minimum Gasteiger partial charge on any atom is -0.345 e. The van der Waals surface area contributed by atoms with Gasteiger partial charge in [0.05, 0.1) is 12.0 Å². The van der Waals surface area contributed by atoms with Crippen LogP contribution >= 0.6 is 0 Å². The topological polar surface area (TPSA) is 72.2 Å². The Morgan fingerprint density at radius 1 is 0.970 bits per heavy atom. The first kappa shape index (κ1) is 26.4. The van der Waals surface area contributed by atoms with Gasteiger partial charge in [-0.3, -0.25) is 9.59 Å². The number of alkyl halides is 3. The highest BCUT2D eigenvalue weighted by atomic mass is 19.4. The molecule has 0 saturated carbocycles. The maximum absolute atomic E-state index is 13.5. The minimum absolute atomic E-state index is 0.121. The molecule has 0 radical (unpaired) electrons. The van der Waals surface area contributed by atoms with Crippen LogP contribution in [0.15, 0.2) is 48.5 Å². The normalized spacial score (nSPS) is 14.6. The van der Waals surface area contributed by atoms with Crippen LogP contribution in [0.1, 0.15) is 31.4 Å². The number of Topliss-reactive ketones (excluding diaryl/α,β-unsaturated/α-hetero) is 1. The molecule has 3 atom stereocenters. The number of aryl methyl sites for hydroxylation is 1. The predicted octanol–water partition coefficient (Wildman–Crippen LogP) is 4.36. The number of benzene rings is 2. The number of amides is 1. The Kier molecular flexibility index (Phi) is 9.10. The molecule has 2 aromatic rings. The summed E-state index contributed by atoms with van der Waals surface area (Å²) in [6.45, 7) is 2.80. The molecule has 3 N–H and O–H groups in total. The van der Waals surface area contributed by atoms with Crippen LogP contribution in [-0.2, 0) is 22.4 Å². The quantitative estimate of drug-likeness (QED) is 0.507. The molecule has 0 aromatic heterocycles. The third-order valence-electron chi connectivity index (χ3n) is 5.37. The second-order valence-corrected chi connectivity index (χ2v) is 8.37. The highest BCUT2D eigenvalue weighted by Gasteiger charge is 2.45. The molecule has 0 aliphatic carbocycles. The predicted molar refractivity (Wildman–Crippen MR) is 114 cm³/mol. The number of hydrogen-bond acceptors (Lipinski definition) is 3. The van der Waals surface area contributed by atoms with E-state index in [4.69, 9.17) is 5.73 Å². The van der Waals surface area contributed by atoms with Gasteiger partial charge in [-0.25, -0.2) is 8.78 Å². The summed E-state index contributed by atoms with van der Waals surface area (Å²) in [6, 6.07) is 9.20. The lowest BCUT2D eigenvalue weighted by molar-refractivity contribution is -0.175. The maximum Gasteiger partial charge on any atom is 0.452 e. The van der Waals surface area contributed by atoms with E-state index in [1.54, 1.807) is 30.3 Å². The van der Waals surface area contributed by atoms with Gasteiger partial charge in [-0.1, -0.05) is 44.2 Å². The average Bonchev–Trinajstić information content (AvgIpc) is 2.72. The monoisotopic (exact) mass is 470 g/mol. The van der Waals surface area contributed by atoms with Crippen LogP contribution in [-0.4, -0.2) is 30.0 Å². The summed E-state index contributed by atoms with van der Waals surface area (Å²) in [5.41, 5.74) is 7.32. The first-order valence-electron chi connectivity index (χ1n) is 10.5. The van der Waals surface area contributed by atoms with Crippen molar-refractivity contribution in [1.29, 1.82) is 0 Å². The van der Waals surface area contributed by atoms with Crippen molar-refractivity contribution in [2.75, 3.05) is 0 Å². The molecule has 1 unspecified atom stereocenters. The molecule has 4 nitrogen and oxygen atoms in total. The Bertz CT molecular complexity index is 927. The molecule has 0 aliphatic rings. The summed E-state index contributed by atoms with van der Waals surface area (Å²) in [5.74, 6) is -6.08. The van der Waals surface area contributed by atoms with Crippen molar-refractivity contribution in [2.45, 2.75) is 51.4 Å². The Hall–Kier alpha value is -2.81. The van der Waals surface area contributed by atoms with Crippen molar-refractivity contribution in [1.82, 2.24) is 5.32 Å². The van der Waals surface area contributed by atoms with Crippen molar-refractivity contribution < 1.29 is 31.5 Å². The maximum atomic E-state index is 13.5. The van der Waals surface area contributed by atoms with Crippen molar-refractivity contribution in [3.8, 4) is 0 Å². The third kappa shape index (κ3) is 7.92. The van der Waals surface area contributed by atoms with Crippen LogP contribution in [0.5, 0.6) is 0 Å². The first-order chi connectivity index (χ1) is 15.4. The van der Waals surface area contributed by atoms with Gasteiger partial charge in [-0.05, 0) is 48.4 Å². The van der Waals surface area contributed by atoms with Crippen LogP contribution in [0.2, 0.25) is 0 Å². The smallest absolute Gasteiger partial charge is 0.345 e. The van der Waals surface area contributed by atoms with Crippen molar-refractivity contribution in [3.63, 3.8) is 0 Å². The lowest BCUT2D eigenvalue weighted by Crippen LogP contribution is -2.53. The average molecular weight is 470 g/mol. The number of nitrogens with two attached hydrogens (primary N) is 1. The van der Waals surface area contributed by atoms with Gasteiger partial charge >= 0.3 is 6.18 Å². The number of ketones is 1. The molecule has 2 aromatic carbocycles. The van der Waals surface area contributed by atoms with Crippen molar-refractivity contribution in [2.24, 2.45) is 17.6 Å². The van der Waals surface area contributed by atoms with E-state index in [0.29, 0.717) is 5.56 Å². The number of hydrogen-bond donors (Lipinski definition) is 2. The van der Waals surface area contributed by atoms with Gasteiger partial charge in [0.15, 0.2) is 0 Å². The van der Waals surface area contributed by atoms with Crippen LogP contribution < -0.4 is 11.1 Å². The molecule has 33 heavy (non-hydrogen) atoms. The molecule has 0 saturated heterocycles. The molecule has 0 spiro atoms. The lowest BCUT2D eigenvalue weighted by atomic mass is 9.87. The van der Waals surface area contributed by atoms with Gasteiger partial charge in [-0.15, -0.1) is 0 Å². The second-order valence-electron chi connectivity index (χ2n) is 8.37. The van der Waals surface area contributed by atoms with E-state index >= 15 is 0 Å². The fourth-order valence-electron chi connectivity index (χ4n) is 3.57. The zero-order chi connectivity index (χ0) is 24.8. The highest BCUT2D eigenvalue weighted by molar-refractivity contribution is 5.93. The van der Waals surface area contributed by atoms with Crippen molar-refractivity contribution in [3.05, 3.63) is 71.3 Å². The molecular weight excluding hydrogens is 443 g/mol. The molecular formula is C24H27F5N2O2. The van der Waals surface area contributed by atoms with E-state index < -0.39 is 53.4 Å². The molecule has 180 valence electrons. The number of rotatable bonds is 10. The van der Waals surface area contributed by atoms with Crippen LogP contribution in [0.4, 0.5) is 22.0 Å². The summed E-state index contributed by atoms with van der Waals surface area (Å²) in [4.78, 5) is 24.8. The van der Waals surface area contributed by atoms with Gasteiger partial charge in [0.25, 0.3) is 5.78 Å². The molecule has 0 fully saturated rings. The van der Waals surface area contributed by atoms with Gasteiger partial charge in [0.2, 0.25) is 5.91 Å². The Morgan fingerprint density at radius 2 is 1.55 bits per heavy atom. The van der Waals surface area contributed by atoms with Gasteiger partial charge in [0.1, 0.15) is 11.6 Å². The Balaban J connectivity index is 2.22. The van der Waals surface area contributed by atoms with Gasteiger partial charge in [0, 0.05) is 12.1 Å². The number of carbonyl (C=O) groups is 2. The highest BCUT2D eigenvalue weighted by Crippen LogP contribution is 2.23. The fourth-order valence-corrected chi connectivity index (χ4v) is 3.57. The minimum atomic E-state index is -5.10. The summed E-state index contributed by atoms with van der Waals surface area (Å²) in [5, 5.41) is 2.23. The summed E-state index contributed by atoms with van der Waals surface area (Å²) in [6.07, 6.45) is -4.67. The summed E-state index contributed by atoms with van der Waals surface area (Å²) in [7, 11) is 0. The summed E-state index contributed by atoms with van der Waals surface area (Å²) < 4.78 is 65.9. The van der Waals surface area contributed by atoms with Crippen molar-refractivity contribution >= 4 is 11.7 Å². The lowest BCUT2D eigenvalue weighted by Gasteiger charge is -2.28. The molecule has 1 amide bonds. The van der Waals surface area contributed by atoms with E-state index in [9.17, 15) is 31.5 Å². The number of nitrogens with one attached hydrogen (secondary N) is 1. The van der Waals surface area contributed by atoms with Crippen LogP contribution in [0.25, 0.3) is 0 Å². The van der Waals surface area contributed by atoms with E-state index in [2.05, 4.69) is 5.32 Å². The SMILES string of the molecule is CC(C)[C@H](NC(=O)[C@@H](Cc1ccccc1)C(N)CCc1cc(F)cc(F)c1)C(=O)C(F)(F)F. The van der Waals surface area contributed by atoms with Gasteiger partial charge < -0.3 is 11.1 Å². The number of halogens is 5. The van der Waals surface area contributed by atoms with E-state index in [1.807, 2.05) is 0 Å². The molecule has 2 rings (SSSR count). The molecule has 9 heteroatoms. The zero-order valence-electron chi connectivity index (χ0n) is 18.3. The van der Waals surface area contributed by atoms with E-state index in [1.165, 1.54) is 13.8 Å². The molecule has 0 heterocycles. The van der Waals surface area contributed by atoms with E-state index in [0.717, 1.165) is 23.8 Å². The molecule has 0 bridgehead atoms. The van der Waals surface area contributed by atoms with Crippen LogP contribution in [0.3, 0.4) is 0 Å². The van der Waals surface area contributed by atoms with E-state index in [-0.39, 0.29) is 19.3 Å². The standard InChI is InChI=1S/C24H27F5N2O2/c1-14(2)21(22(32)24(27,28)29)31-23(33)19(12-15-6-4-3-5-7-15)20(30)9-8-16-10-17(25)13-18(26)11-16/h3-7,10-11,13-14,19-21H,8-9,12,30H2,1-2H3,(H,31,33)/t19-,20?,21-/m0/s1. The zero-order valence-corrected chi connectivity index (χ0v) is 18.3.